The summed E-state index contributed by atoms with van der Waals surface area (Å²) >= 11 is 0. The number of hydrogen-bond donors (Lipinski definition) is 4. The van der Waals surface area contributed by atoms with E-state index in [4.69, 9.17) is 0 Å². The number of carbonyl (C=O) groups is 3. The van der Waals surface area contributed by atoms with Crippen LogP contribution < -0.4 is 21.3 Å². The normalized spacial score (nSPS) is 11.2. The standard InChI is InChI=1S/C21H26N4O3/c1-4-14(2)24-21(28)15-8-10-17(11-9-15)23-13-19(26)25-18-7-5-6-16(12-18)20(27)22-3/h5-12,14,23H,4,13H2,1-3H3,(H,22,27)(H,24,28)(H,25,26). The van der Waals surface area contributed by atoms with Gasteiger partial charge >= 0.3 is 0 Å². The second-order valence-electron chi connectivity index (χ2n) is 6.42. The third kappa shape index (κ3) is 6.12. The minimum absolute atomic E-state index is 0.0581. The first-order valence-electron chi connectivity index (χ1n) is 9.19. The van der Waals surface area contributed by atoms with Crippen LogP contribution in [0.4, 0.5) is 11.4 Å². The van der Waals surface area contributed by atoms with Crippen LogP contribution in [0, 0.1) is 0 Å². The van der Waals surface area contributed by atoms with Gasteiger partial charge < -0.3 is 21.3 Å². The Morgan fingerprint density at radius 3 is 2.29 bits per heavy atom. The molecule has 0 aromatic heterocycles. The zero-order valence-electron chi connectivity index (χ0n) is 16.3. The SMILES string of the molecule is CCC(C)NC(=O)c1ccc(NCC(=O)Nc2cccc(C(=O)NC)c2)cc1. The Labute approximate surface area is 164 Å². The van der Waals surface area contributed by atoms with Crippen LogP contribution in [0.25, 0.3) is 0 Å². The highest BCUT2D eigenvalue weighted by atomic mass is 16.2. The van der Waals surface area contributed by atoms with Gasteiger partial charge in [0, 0.05) is 35.6 Å². The van der Waals surface area contributed by atoms with E-state index < -0.39 is 0 Å². The van der Waals surface area contributed by atoms with E-state index in [1.54, 1.807) is 55.6 Å². The molecule has 0 aliphatic carbocycles. The van der Waals surface area contributed by atoms with Gasteiger partial charge in [-0.2, -0.15) is 0 Å². The first-order chi connectivity index (χ1) is 13.4. The summed E-state index contributed by atoms with van der Waals surface area (Å²) in [5.41, 5.74) is 2.32. The van der Waals surface area contributed by atoms with Gasteiger partial charge in [0.25, 0.3) is 11.8 Å². The molecule has 4 N–H and O–H groups in total. The molecule has 0 radical (unpaired) electrons. The van der Waals surface area contributed by atoms with Gasteiger partial charge in [-0.3, -0.25) is 14.4 Å². The van der Waals surface area contributed by atoms with Gasteiger partial charge in [0.05, 0.1) is 6.54 Å². The summed E-state index contributed by atoms with van der Waals surface area (Å²) in [6.45, 7) is 4.03. The molecule has 1 atom stereocenters. The minimum Gasteiger partial charge on any atom is -0.376 e. The van der Waals surface area contributed by atoms with Crippen molar-refractivity contribution in [1.82, 2.24) is 10.6 Å². The Morgan fingerprint density at radius 1 is 0.929 bits per heavy atom. The fraction of sp³-hybridized carbons (Fsp3) is 0.286. The van der Waals surface area contributed by atoms with E-state index in [1.165, 1.54) is 0 Å². The molecule has 0 saturated carbocycles. The third-order valence-corrected chi connectivity index (χ3v) is 4.23. The molecule has 0 saturated heterocycles. The quantitative estimate of drug-likeness (QED) is 0.564. The van der Waals surface area contributed by atoms with Gasteiger partial charge in [0.2, 0.25) is 5.91 Å². The molecule has 0 spiro atoms. The maximum Gasteiger partial charge on any atom is 0.251 e. The van der Waals surface area contributed by atoms with Gasteiger partial charge in [-0.15, -0.1) is 0 Å². The fourth-order valence-corrected chi connectivity index (χ4v) is 2.42. The monoisotopic (exact) mass is 382 g/mol. The van der Waals surface area contributed by atoms with Crippen molar-refractivity contribution in [2.45, 2.75) is 26.3 Å². The van der Waals surface area contributed by atoms with Crippen LogP contribution >= 0.6 is 0 Å². The number of carbonyl (C=O) groups excluding carboxylic acids is 3. The number of anilines is 2. The largest absolute Gasteiger partial charge is 0.376 e. The molecule has 0 heterocycles. The first kappa shape index (κ1) is 21.0. The Bertz CT molecular complexity index is 834. The molecule has 7 nitrogen and oxygen atoms in total. The molecule has 148 valence electrons. The lowest BCUT2D eigenvalue weighted by atomic mass is 10.1. The Hall–Kier alpha value is -3.35. The molecular weight excluding hydrogens is 356 g/mol. The van der Waals surface area contributed by atoms with E-state index in [-0.39, 0.29) is 30.3 Å². The number of nitrogens with one attached hydrogen (secondary N) is 4. The van der Waals surface area contributed by atoms with Crippen LogP contribution in [0.3, 0.4) is 0 Å². The summed E-state index contributed by atoms with van der Waals surface area (Å²) < 4.78 is 0. The highest BCUT2D eigenvalue weighted by molar-refractivity contribution is 5.98. The van der Waals surface area contributed by atoms with Gasteiger partial charge in [0.1, 0.15) is 0 Å². The van der Waals surface area contributed by atoms with E-state index in [9.17, 15) is 14.4 Å². The predicted octanol–water partition coefficient (Wildman–Crippen LogP) is 2.63. The molecule has 3 amide bonds. The van der Waals surface area contributed by atoms with Crippen molar-refractivity contribution in [3.05, 3.63) is 59.7 Å². The summed E-state index contributed by atoms with van der Waals surface area (Å²) in [4.78, 5) is 35.8. The second-order valence-corrected chi connectivity index (χ2v) is 6.42. The minimum atomic E-state index is -0.243. The van der Waals surface area contributed by atoms with Crippen LogP contribution in [0.1, 0.15) is 41.0 Å². The molecule has 0 aliphatic heterocycles. The van der Waals surface area contributed by atoms with Crippen molar-refractivity contribution in [2.75, 3.05) is 24.2 Å². The molecule has 7 heteroatoms. The summed E-state index contributed by atoms with van der Waals surface area (Å²) in [5, 5.41) is 11.2. The number of rotatable bonds is 8. The first-order valence-corrected chi connectivity index (χ1v) is 9.19. The van der Waals surface area contributed by atoms with Crippen LogP contribution in [0.2, 0.25) is 0 Å². The molecule has 2 aromatic rings. The van der Waals surface area contributed by atoms with Crippen LogP contribution in [-0.2, 0) is 4.79 Å². The molecule has 0 bridgehead atoms. The lowest BCUT2D eigenvalue weighted by Gasteiger charge is -2.12. The Kier molecular flexibility index (Phi) is 7.56. The van der Waals surface area contributed by atoms with Crippen molar-refractivity contribution in [3.63, 3.8) is 0 Å². The summed E-state index contributed by atoms with van der Waals surface area (Å²) in [5.74, 6) is -0.575. The highest BCUT2D eigenvalue weighted by Gasteiger charge is 2.09. The molecular formula is C21H26N4O3. The molecule has 28 heavy (non-hydrogen) atoms. The van der Waals surface area contributed by atoms with E-state index in [1.807, 2.05) is 13.8 Å². The van der Waals surface area contributed by atoms with E-state index >= 15 is 0 Å². The molecule has 0 aliphatic rings. The lowest BCUT2D eigenvalue weighted by Crippen LogP contribution is -2.31. The van der Waals surface area contributed by atoms with E-state index in [0.29, 0.717) is 16.8 Å². The molecule has 2 aromatic carbocycles. The highest BCUT2D eigenvalue weighted by Crippen LogP contribution is 2.12. The van der Waals surface area contributed by atoms with E-state index in [0.717, 1.165) is 12.1 Å². The lowest BCUT2D eigenvalue weighted by molar-refractivity contribution is -0.114. The zero-order valence-corrected chi connectivity index (χ0v) is 16.3. The van der Waals surface area contributed by atoms with Crippen molar-refractivity contribution in [3.8, 4) is 0 Å². The third-order valence-electron chi connectivity index (χ3n) is 4.23. The molecule has 0 fully saturated rings. The van der Waals surface area contributed by atoms with Gasteiger partial charge in [0.15, 0.2) is 0 Å². The molecule has 2 rings (SSSR count). The summed E-state index contributed by atoms with van der Waals surface area (Å²) in [6.07, 6.45) is 0.868. The van der Waals surface area contributed by atoms with Crippen molar-refractivity contribution in [2.24, 2.45) is 0 Å². The average Bonchev–Trinajstić information content (AvgIpc) is 2.72. The maximum atomic E-state index is 12.1. The average molecular weight is 382 g/mol. The molecule has 1 unspecified atom stereocenters. The van der Waals surface area contributed by atoms with Crippen LogP contribution in [0.5, 0.6) is 0 Å². The van der Waals surface area contributed by atoms with E-state index in [2.05, 4.69) is 21.3 Å². The topological polar surface area (TPSA) is 99.3 Å². The van der Waals surface area contributed by atoms with Crippen LogP contribution in [0.15, 0.2) is 48.5 Å². The Morgan fingerprint density at radius 2 is 1.64 bits per heavy atom. The predicted molar refractivity (Wildman–Crippen MR) is 111 cm³/mol. The zero-order chi connectivity index (χ0) is 20.5. The van der Waals surface area contributed by atoms with Gasteiger partial charge in [-0.05, 0) is 55.8 Å². The van der Waals surface area contributed by atoms with Crippen molar-refractivity contribution < 1.29 is 14.4 Å². The number of hydrogen-bond acceptors (Lipinski definition) is 4. The maximum absolute atomic E-state index is 12.1. The van der Waals surface area contributed by atoms with Crippen LogP contribution in [-0.4, -0.2) is 37.4 Å². The number of amides is 3. The fourth-order valence-electron chi connectivity index (χ4n) is 2.42. The van der Waals surface area contributed by atoms with Gasteiger partial charge in [-0.1, -0.05) is 13.0 Å². The Balaban J connectivity index is 1.87. The summed E-state index contributed by atoms with van der Waals surface area (Å²) in [6, 6.07) is 13.8. The smallest absolute Gasteiger partial charge is 0.251 e. The second kappa shape index (κ2) is 10.1. The summed E-state index contributed by atoms with van der Waals surface area (Å²) in [7, 11) is 1.55. The van der Waals surface area contributed by atoms with Gasteiger partial charge in [-0.25, -0.2) is 0 Å². The number of benzene rings is 2. The van der Waals surface area contributed by atoms with Crippen molar-refractivity contribution in [1.29, 1.82) is 0 Å². The van der Waals surface area contributed by atoms with Crippen molar-refractivity contribution >= 4 is 29.1 Å².